The summed E-state index contributed by atoms with van der Waals surface area (Å²) < 4.78 is 5.48. The first-order chi connectivity index (χ1) is 8.79. The van der Waals surface area contributed by atoms with Gasteiger partial charge >= 0.3 is 0 Å². The van der Waals surface area contributed by atoms with Gasteiger partial charge in [-0.1, -0.05) is 13.0 Å². The molecule has 0 aliphatic carbocycles. The third-order valence-electron chi connectivity index (χ3n) is 2.40. The molecule has 0 fully saturated rings. The molecule has 2 heterocycles. The lowest BCUT2D eigenvalue weighted by molar-refractivity contribution is 0.305. The van der Waals surface area contributed by atoms with Gasteiger partial charge in [0.25, 0.3) is 0 Å². The number of hydrogen-bond acceptors (Lipinski definition) is 5. The number of hydrogen-bond donors (Lipinski definition) is 1. The van der Waals surface area contributed by atoms with Gasteiger partial charge in [-0.05, 0) is 24.8 Å². The van der Waals surface area contributed by atoms with E-state index in [1.165, 1.54) is 4.88 Å². The molecule has 5 heteroatoms. The maximum absolute atomic E-state index is 5.48. The van der Waals surface area contributed by atoms with Crippen LogP contribution in [-0.4, -0.2) is 16.6 Å². The molecule has 0 saturated heterocycles. The minimum absolute atomic E-state index is 0.200. The number of anilines is 1. The second kappa shape index (κ2) is 6.35. The summed E-state index contributed by atoms with van der Waals surface area (Å²) in [6.45, 7) is 4.84. The van der Waals surface area contributed by atoms with Crippen molar-refractivity contribution in [2.24, 2.45) is 0 Å². The Bertz CT molecular complexity index is 473. The fourth-order valence-electron chi connectivity index (χ4n) is 1.50. The Balaban J connectivity index is 2.00. The zero-order valence-corrected chi connectivity index (χ0v) is 11.4. The molecule has 18 heavy (non-hydrogen) atoms. The lowest BCUT2D eigenvalue weighted by Crippen LogP contribution is -2.08. The lowest BCUT2D eigenvalue weighted by atomic mass is 10.3. The van der Waals surface area contributed by atoms with Crippen LogP contribution in [0.3, 0.4) is 0 Å². The summed E-state index contributed by atoms with van der Waals surface area (Å²) in [5.74, 6) is 1.22. The van der Waals surface area contributed by atoms with Crippen LogP contribution < -0.4 is 10.1 Å². The summed E-state index contributed by atoms with van der Waals surface area (Å²) in [5, 5.41) is 5.33. The van der Waals surface area contributed by atoms with Gasteiger partial charge in [-0.2, -0.15) is 4.98 Å². The van der Waals surface area contributed by atoms with E-state index in [1.54, 1.807) is 23.6 Å². The van der Waals surface area contributed by atoms with Crippen molar-refractivity contribution in [1.29, 1.82) is 0 Å². The molecule has 2 aromatic heterocycles. The Morgan fingerprint density at radius 3 is 3.06 bits per heavy atom. The highest BCUT2D eigenvalue weighted by Crippen LogP contribution is 2.21. The molecule has 0 aromatic carbocycles. The summed E-state index contributed by atoms with van der Waals surface area (Å²) in [4.78, 5) is 9.78. The van der Waals surface area contributed by atoms with Gasteiger partial charge in [0.05, 0.1) is 12.6 Å². The summed E-state index contributed by atoms with van der Waals surface area (Å²) in [5.41, 5.74) is 0. The van der Waals surface area contributed by atoms with Crippen molar-refractivity contribution in [3.8, 4) is 5.88 Å². The Morgan fingerprint density at radius 2 is 2.33 bits per heavy atom. The first-order valence-electron chi connectivity index (χ1n) is 6.05. The Kier molecular flexibility index (Phi) is 4.52. The van der Waals surface area contributed by atoms with Crippen LogP contribution in [0.5, 0.6) is 5.88 Å². The van der Waals surface area contributed by atoms with Gasteiger partial charge in [-0.15, -0.1) is 11.3 Å². The van der Waals surface area contributed by atoms with Crippen LogP contribution >= 0.6 is 11.3 Å². The van der Waals surface area contributed by atoms with E-state index in [9.17, 15) is 0 Å². The van der Waals surface area contributed by atoms with Gasteiger partial charge in [0.15, 0.2) is 0 Å². The van der Waals surface area contributed by atoms with E-state index in [1.807, 2.05) is 6.07 Å². The SMILES string of the molecule is CCCOc1ccnc(NC(C)c2cccs2)n1. The minimum Gasteiger partial charge on any atom is -0.478 e. The molecule has 1 atom stereocenters. The van der Waals surface area contributed by atoms with Crippen LogP contribution in [0.15, 0.2) is 29.8 Å². The average Bonchev–Trinajstić information content (AvgIpc) is 2.91. The van der Waals surface area contributed by atoms with E-state index >= 15 is 0 Å². The van der Waals surface area contributed by atoms with E-state index in [0.29, 0.717) is 18.4 Å². The van der Waals surface area contributed by atoms with Gasteiger partial charge < -0.3 is 10.1 Å². The fraction of sp³-hybridized carbons (Fsp3) is 0.385. The number of nitrogens with zero attached hydrogens (tertiary/aromatic N) is 2. The Labute approximate surface area is 111 Å². The molecule has 0 aliphatic heterocycles. The molecule has 2 aromatic rings. The summed E-state index contributed by atoms with van der Waals surface area (Å²) in [6, 6.07) is 6.11. The second-order valence-electron chi connectivity index (χ2n) is 3.95. The van der Waals surface area contributed by atoms with Gasteiger partial charge in [0, 0.05) is 17.1 Å². The van der Waals surface area contributed by atoms with Crippen molar-refractivity contribution in [3.63, 3.8) is 0 Å². The standard InChI is InChI=1S/C13H17N3OS/c1-3-8-17-12-6-7-14-13(16-12)15-10(2)11-5-4-9-18-11/h4-7,9-10H,3,8H2,1-2H3,(H,14,15,16). The first-order valence-corrected chi connectivity index (χ1v) is 6.93. The maximum atomic E-state index is 5.48. The Hall–Kier alpha value is -1.62. The Morgan fingerprint density at radius 1 is 1.44 bits per heavy atom. The lowest BCUT2D eigenvalue weighted by Gasteiger charge is -2.12. The molecule has 0 spiro atoms. The van der Waals surface area contributed by atoms with Gasteiger partial charge in [-0.3, -0.25) is 0 Å². The van der Waals surface area contributed by atoms with Crippen molar-refractivity contribution in [2.45, 2.75) is 26.3 Å². The predicted molar refractivity (Wildman–Crippen MR) is 74.2 cm³/mol. The maximum Gasteiger partial charge on any atom is 0.226 e. The van der Waals surface area contributed by atoms with Crippen LogP contribution in [-0.2, 0) is 0 Å². The van der Waals surface area contributed by atoms with Crippen LogP contribution in [0.1, 0.15) is 31.2 Å². The number of thiophene rings is 1. The van der Waals surface area contributed by atoms with Crippen LogP contribution in [0.4, 0.5) is 5.95 Å². The minimum atomic E-state index is 0.200. The van der Waals surface area contributed by atoms with Crippen molar-refractivity contribution in [1.82, 2.24) is 9.97 Å². The molecule has 0 amide bonds. The second-order valence-corrected chi connectivity index (χ2v) is 4.93. The van der Waals surface area contributed by atoms with Gasteiger partial charge in [0.2, 0.25) is 11.8 Å². The van der Waals surface area contributed by atoms with E-state index < -0.39 is 0 Å². The topological polar surface area (TPSA) is 47.0 Å². The van der Waals surface area contributed by atoms with E-state index in [0.717, 1.165) is 6.42 Å². The zero-order valence-electron chi connectivity index (χ0n) is 10.6. The smallest absolute Gasteiger partial charge is 0.226 e. The van der Waals surface area contributed by atoms with E-state index in [-0.39, 0.29) is 6.04 Å². The summed E-state index contributed by atoms with van der Waals surface area (Å²) >= 11 is 1.72. The highest BCUT2D eigenvalue weighted by molar-refractivity contribution is 7.10. The van der Waals surface area contributed by atoms with E-state index in [4.69, 9.17) is 4.74 Å². The fourth-order valence-corrected chi connectivity index (χ4v) is 2.24. The first kappa shape index (κ1) is 12.8. The van der Waals surface area contributed by atoms with Crippen LogP contribution in [0, 0.1) is 0 Å². The number of rotatable bonds is 6. The predicted octanol–water partition coefficient (Wildman–Crippen LogP) is 3.50. The third kappa shape index (κ3) is 3.43. The van der Waals surface area contributed by atoms with Gasteiger partial charge in [-0.25, -0.2) is 4.98 Å². The molecule has 0 bridgehead atoms. The molecule has 1 unspecified atom stereocenters. The highest BCUT2D eigenvalue weighted by atomic mass is 32.1. The van der Waals surface area contributed by atoms with Crippen molar-refractivity contribution >= 4 is 17.3 Å². The monoisotopic (exact) mass is 263 g/mol. The molecular weight excluding hydrogens is 246 g/mol. The molecule has 96 valence electrons. The van der Waals surface area contributed by atoms with Crippen molar-refractivity contribution < 1.29 is 4.74 Å². The van der Waals surface area contributed by atoms with Crippen LogP contribution in [0.25, 0.3) is 0 Å². The molecule has 1 N–H and O–H groups in total. The number of ether oxygens (including phenoxy) is 1. The molecule has 0 radical (unpaired) electrons. The van der Waals surface area contributed by atoms with Crippen molar-refractivity contribution in [3.05, 3.63) is 34.7 Å². The molecular formula is C13H17N3OS. The zero-order chi connectivity index (χ0) is 12.8. The largest absolute Gasteiger partial charge is 0.478 e. The number of aromatic nitrogens is 2. The quantitative estimate of drug-likeness (QED) is 0.866. The summed E-state index contributed by atoms with van der Waals surface area (Å²) in [6.07, 6.45) is 2.68. The average molecular weight is 263 g/mol. The molecule has 0 aliphatic rings. The molecule has 0 saturated carbocycles. The normalized spacial score (nSPS) is 12.1. The third-order valence-corrected chi connectivity index (χ3v) is 3.45. The van der Waals surface area contributed by atoms with E-state index in [2.05, 4.69) is 40.6 Å². The molecule has 4 nitrogen and oxygen atoms in total. The van der Waals surface area contributed by atoms with Crippen LogP contribution in [0.2, 0.25) is 0 Å². The highest BCUT2D eigenvalue weighted by Gasteiger charge is 2.08. The number of nitrogens with one attached hydrogen (secondary N) is 1. The van der Waals surface area contributed by atoms with Gasteiger partial charge in [0.1, 0.15) is 0 Å². The molecule has 2 rings (SSSR count). The summed E-state index contributed by atoms with van der Waals surface area (Å²) in [7, 11) is 0. The van der Waals surface area contributed by atoms with Crippen molar-refractivity contribution in [2.75, 3.05) is 11.9 Å².